The first-order chi connectivity index (χ1) is 9.17. The van der Waals surface area contributed by atoms with Gasteiger partial charge in [0.05, 0.1) is 11.0 Å². The Hall–Kier alpha value is -1.14. The van der Waals surface area contributed by atoms with E-state index in [0.717, 1.165) is 45.1 Å². The fourth-order valence-electron chi connectivity index (χ4n) is 2.70. The second-order valence-corrected chi connectivity index (χ2v) is 5.33. The summed E-state index contributed by atoms with van der Waals surface area (Å²) >= 11 is 5.15. The molecule has 0 saturated carbocycles. The van der Waals surface area contributed by atoms with Crippen LogP contribution < -0.4 is 10.6 Å². The maximum absolute atomic E-state index is 5.81. The highest BCUT2D eigenvalue weighted by atomic mass is 32.1. The first-order valence-corrected chi connectivity index (χ1v) is 7.37. The molecule has 1 aliphatic rings. The zero-order valence-electron chi connectivity index (χ0n) is 11.7. The lowest BCUT2D eigenvalue weighted by Gasteiger charge is -2.39. The third kappa shape index (κ3) is 3.06. The van der Waals surface area contributed by atoms with Crippen LogP contribution in [0.3, 0.4) is 0 Å². The van der Waals surface area contributed by atoms with Crippen LogP contribution in [0.2, 0.25) is 0 Å². The van der Waals surface area contributed by atoms with Crippen LogP contribution in [-0.4, -0.2) is 51.7 Å². The van der Waals surface area contributed by atoms with Crippen molar-refractivity contribution in [3.63, 3.8) is 0 Å². The number of rotatable bonds is 5. The first kappa shape index (κ1) is 14.3. The molecule has 0 spiro atoms. The van der Waals surface area contributed by atoms with Crippen molar-refractivity contribution in [1.82, 2.24) is 14.5 Å². The lowest BCUT2D eigenvalue weighted by Crippen LogP contribution is -2.54. The molecular formula is C13H23N5S. The Morgan fingerprint density at radius 3 is 2.58 bits per heavy atom. The number of piperazine rings is 1. The zero-order chi connectivity index (χ0) is 13.8. The highest BCUT2D eigenvalue weighted by Gasteiger charge is 2.25. The van der Waals surface area contributed by atoms with Gasteiger partial charge in [0.15, 0.2) is 0 Å². The number of nitrogens with two attached hydrogens (primary N) is 1. The molecule has 1 fully saturated rings. The van der Waals surface area contributed by atoms with E-state index in [1.807, 2.05) is 12.4 Å². The van der Waals surface area contributed by atoms with Gasteiger partial charge >= 0.3 is 0 Å². The van der Waals surface area contributed by atoms with Crippen LogP contribution >= 0.6 is 12.2 Å². The van der Waals surface area contributed by atoms with E-state index in [1.165, 1.54) is 0 Å². The molecule has 19 heavy (non-hydrogen) atoms. The van der Waals surface area contributed by atoms with Gasteiger partial charge < -0.3 is 15.2 Å². The normalized spacial score (nSPS) is 18.5. The molecule has 6 heteroatoms. The predicted molar refractivity (Wildman–Crippen MR) is 82.6 cm³/mol. The SMILES string of the molecule is CCC(C(N)=S)N1CCN(c2nccn2CC)CC1. The smallest absolute Gasteiger partial charge is 0.205 e. The Morgan fingerprint density at radius 2 is 2.05 bits per heavy atom. The minimum atomic E-state index is 0.239. The van der Waals surface area contributed by atoms with Gasteiger partial charge in [-0.2, -0.15) is 0 Å². The average Bonchev–Trinajstić information content (AvgIpc) is 2.88. The molecule has 106 valence electrons. The van der Waals surface area contributed by atoms with Gasteiger partial charge in [-0.3, -0.25) is 4.90 Å². The van der Waals surface area contributed by atoms with Crippen LogP contribution in [0.4, 0.5) is 5.95 Å². The lowest BCUT2D eigenvalue weighted by molar-refractivity contribution is 0.223. The molecule has 2 N–H and O–H groups in total. The van der Waals surface area contributed by atoms with Crippen molar-refractivity contribution in [1.29, 1.82) is 0 Å². The van der Waals surface area contributed by atoms with Crippen LogP contribution in [0, 0.1) is 0 Å². The highest BCUT2D eigenvalue weighted by molar-refractivity contribution is 7.80. The summed E-state index contributed by atoms with van der Waals surface area (Å²) in [5, 5.41) is 0. The van der Waals surface area contributed by atoms with Crippen molar-refractivity contribution < 1.29 is 0 Å². The van der Waals surface area contributed by atoms with Gasteiger partial charge in [0.1, 0.15) is 0 Å². The molecule has 1 saturated heterocycles. The van der Waals surface area contributed by atoms with Crippen molar-refractivity contribution in [2.24, 2.45) is 5.73 Å². The molecular weight excluding hydrogens is 258 g/mol. The number of aryl methyl sites for hydroxylation is 1. The van der Waals surface area contributed by atoms with E-state index in [9.17, 15) is 0 Å². The molecule has 1 atom stereocenters. The number of aromatic nitrogens is 2. The van der Waals surface area contributed by atoms with Crippen LogP contribution in [0.5, 0.6) is 0 Å². The largest absolute Gasteiger partial charge is 0.392 e. The van der Waals surface area contributed by atoms with Gasteiger partial charge in [-0.1, -0.05) is 19.1 Å². The highest BCUT2D eigenvalue weighted by Crippen LogP contribution is 2.16. The van der Waals surface area contributed by atoms with E-state index in [2.05, 4.69) is 33.2 Å². The standard InChI is InChI=1S/C13H23N5S/c1-3-11(12(14)19)17-7-9-18(10-8-17)13-15-5-6-16(13)4-2/h5-6,11H,3-4,7-10H2,1-2H3,(H2,14,19). The molecule has 0 amide bonds. The maximum atomic E-state index is 5.81. The quantitative estimate of drug-likeness (QED) is 0.819. The number of hydrogen-bond donors (Lipinski definition) is 1. The van der Waals surface area contributed by atoms with E-state index in [0.29, 0.717) is 4.99 Å². The van der Waals surface area contributed by atoms with Crippen molar-refractivity contribution >= 4 is 23.2 Å². The Morgan fingerprint density at radius 1 is 1.37 bits per heavy atom. The van der Waals surface area contributed by atoms with Gasteiger partial charge in [0.2, 0.25) is 5.95 Å². The molecule has 1 unspecified atom stereocenters. The molecule has 1 aromatic rings. The Bertz CT molecular complexity index is 422. The zero-order valence-corrected chi connectivity index (χ0v) is 12.6. The molecule has 0 radical (unpaired) electrons. The minimum Gasteiger partial charge on any atom is -0.392 e. The Balaban J connectivity index is 1.97. The van der Waals surface area contributed by atoms with Gasteiger partial charge in [0.25, 0.3) is 0 Å². The van der Waals surface area contributed by atoms with Gasteiger partial charge in [-0.15, -0.1) is 0 Å². The summed E-state index contributed by atoms with van der Waals surface area (Å²) in [4.78, 5) is 9.80. The summed E-state index contributed by atoms with van der Waals surface area (Å²) in [5.41, 5.74) is 5.81. The lowest BCUT2D eigenvalue weighted by atomic mass is 10.1. The van der Waals surface area contributed by atoms with E-state index in [1.54, 1.807) is 0 Å². The molecule has 0 aromatic carbocycles. The number of thiocarbonyl (C=S) groups is 1. The second-order valence-electron chi connectivity index (χ2n) is 4.86. The summed E-state index contributed by atoms with van der Waals surface area (Å²) in [6.07, 6.45) is 4.89. The molecule has 5 nitrogen and oxygen atoms in total. The first-order valence-electron chi connectivity index (χ1n) is 6.96. The molecule has 0 aliphatic carbocycles. The molecule has 0 bridgehead atoms. The monoisotopic (exact) mass is 281 g/mol. The number of hydrogen-bond acceptors (Lipinski definition) is 4. The van der Waals surface area contributed by atoms with Crippen molar-refractivity contribution in [3.8, 4) is 0 Å². The third-order valence-corrected chi connectivity index (χ3v) is 4.06. The van der Waals surface area contributed by atoms with Gasteiger partial charge in [-0.05, 0) is 13.3 Å². The maximum Gasteiger partial charge on any atom is 0.205 e. The van der Waals surface area contributed by atoms with Crippen molar-refractivity contribution in [2.75, 3.05) is 31.1 Å². The fourth-order valence-corrected chi connectivity index (χ4v) is 3.02. The van der Waals surface area contributed by atoms with Crippen LogP contribution in [-0.2, 0) is 6.54 Å². The summed E-state index contributed by atoms with van der Waals surface area (Å²) in [6.45, 7) is 9.19. The molecule has 2 heterocycles. The summed E-state index contributed by atoms with van der Waals surface area (Å²) in [5.74, 6) is 1.07. The fraction of sp³-hybridized carbons (Fsp3) is 0.692. The third-order valence-electron chi connectivity index (χ3n) is 3.79. The van der Waals surface area contributed by atoms with E-state index in [-0.39, 0.29) is 6.04 Å². The number of anilines is 1. The van der Waals surface area contributed by atoms with Crippen LogP contribution in [0.1, 0.15) is 20.3 Å². The van der Waals surface area contributed by atoms with Gasteiger partial charge in [-0.25, -0.2) is 4.98 Å². The Labute approximate surface area is 120 Å². The minimum absolute atomic E-state index is 0.239. The van der Waals surface area contributed by atoms with Crippen LogP contribution in [0.15, 0.2) is 12.4 Å². The van der Waals surface area contributed by atoms with E-state index in [4.69, 9.17) is 18.0 Å². The van der Waals surface area contributed by atoms with Crippen molar-refractivity contribution in [3.05, 3.63) is 12.4 Å². The second kappa shape index (κ2) is 6.34. The molecule has 1 aromatic heterocycles. The van der Waals surface area contributed by atoms with Crippen LogP contribution in [0.25, 0.3) is 0 Å². The van der Waals surface area contributed by atoms with Crippen molar-refractivity contribution in [2.45, 2.75) is 32.9 Å². The number of nitrogens with zero attached hydrogens (tertiary/aromatic N) is 4. The molecule has 1 aliphatic heterocycles. The average molecular weight is 281 g/mol. The van der Waals surface area contributed by atoms with Gasteiger partial charge in [0, 0.05) is 45.1 Å². The summed E-state index contributed by atoms with van der Waals surface area (Å²) in [7, 11) is 0. The van der Waals surface area contributed by atoms with E-state index < -0.39 is 0 Å². The Kier molecular flexibility index (Phi) is 4.76. The number of imidazole rings is 1. The summed E-state index contributed by atoms with van der Waals surface area (Å²) < 4.78 is 2.18. The topological polar surface area (TPSA) is 50.3 Å². The predicted octanol–water partition coefficient (Wildman–Crippen LogP) is 1.09. The van der Waals surface area contributed by atoms with E-state index >= 15 is 0 Å². The molecule has 2 rings (SSSR count). The summed E-state index contributed by atoms with van der Waals surface area (Å²) in [6, 6.07) is 0.239.